The summed E-state index contributed by atoms with van der Waals surface area (Å²) in [5, 5.41) is 9.70. The van der Waals surface area contributed by atoms with E-state index < -0.39 is 17.0 Å². The fourth-order valence-electron chi connectivity index (χ4n) is 2.86. The Morgan fingerprint density at radius 2 is 1.86 bits per heavy atom. The van der Waals surface area contributed by atoms with Crippen LogP contribution in [-0.2, 0) is 11.8 Å². The molecule has 0 radical (unpaired) electrons. The Hall–Kier alpha value is -2.41. The average molecular weight is 285 g/mol. The molecule has 2 aromatic carbocycles. The summed E-state index contributed by atoms with van der Waals surface area (Å²) in [5.41, 5.74) is 0.448. The molecule has 0 N–H and O–H groups in total. The fraction of sp³-hybridized carbons (Fsp3) is 0.235. The summed E-state index contributed by atoms with van der Waals surface area (Å²) in [5.74, 6) is -0.584. The molecule has 1 aliphatic heterocycles. The lowest BCUT2D eigenvalue weighted by molar-refractivity contribution is 0.241. The Labute approximate surface area is 121 Å². The fourth-order valence-corrected chi connectivity index (χ4v) is 2.86. The number of hydrogen-bond donors (Lipinski definition) is 0. The van der Waals surface area contributed by atoms with Crippen LogP contribution < -0.4 is 4.74 Å². The molecule has 2 nitrogen and oxygen atoms in total. The van der Waals surface area contributed by atoms with Gasteiger partial charge in [-0.25, -0.2) is 8.78 Å². The molecule has 4 heteroatoms. The van der Waals surface area contributed by atoms with E-state index in [1.165, 1.54) is 12.1 Å². The number of nitriles is 1. The third kappa shape index (κ3) is 2.47. The number of ether oxygens (including phenoxy) is 1. The molecule has 1 aliphatic rings. The molecule has 0 spiro atoms. The molecule has 1 unspecified atom stereocenters. The highest BCUT2D eigenvalue weighted by atomic mass is 19.1. The van der Waals surface area contributed by atoms with Crippen LogP contribution in [0.25, 0.3) is 0 Å². The summed E-state index contributed by atoms with van der Waals surface area (Å²) in [6, 6.07) is 13.1. The van der Waals surface area contributed by atoms with Gasteiger partial charge in [0.2, 0.25) is 0 Å². The van der Waals surface area contributed by atoms with Gasteiger partial charge in [-0.2, -0.15) is 5.26 Å². The SMILES string of the molecule is N#CC1(Cc2cc(F)cc(F)c2)CCOc2ccccc21. The average Bonchev–Trinajstić information content (AvgIpc) is 2.46. The van der Waals surface area contributed by atoms with E-state index in [0.29, 0.717) is 24.3 Å². The van der Waals surface area contributed by atoms with Crippen molar-refractivity contribution in [2.75, 3.05) is 6.61 Å². The van der Waals surface area contributed by atoms with Gasteiger partial charge >= 0.3 is 0 Å². The van der Waals surface area contributed by atoms with E-state index in [1.54, 1.807) is 0 Å². The van der Waals surface area contributed by atoms with Crippen LogP contribution in [0.4, 0.5) is 8.78 Å². The summed E-state index contributed by atoms with van der Waals surface area (Å²) in [4.78, 5) is 0. The molecule has 2 aromatic rings. The summed E-state index contributed by atoms with van der Waals surface area (Å²) >= 11 is 0. The molecule has 0 fully saturated rings. The third-order valence-electron chi connectivity index (χ3n) is 3.83. The van der Waals surface area contributed by atoms with E-state index >= 15 is 0 Å². The summed E-state index contributed by atoms with van der Waals surface area (Å²) in [6.07, 6.45) is 0.761. The molecule has 3 rings (SSSR count). The van der Waals surface area contributed by atoms with Crippen molar-refractivity contribution in [3.8, 4) is 11.8 Å². The van der Waals surface area contributed by atoms with Gasteiger partial charge < -0.3 is 4.74 Å². The summed E-state index contributed by atoms with van der Waals surface area (Å²) < 4.78 is 32.3. The van der Waals surface area contributed by atoms with Crippen LogP contribution in [0.1, 0.15) is 17.5 Å². The van der Waals surface area contributed by atoms with Crippen LogP contribution in [0, 0.1) is 23.0 Å². The lowest BCUT2D eigenvalue weighted by Crippen LogP contribution is -2.33. The van der Waals surface area contributed by atoms with Gasteiger partial charge in [0.25, 0.3) is 0 Å². The number of para-hydroxylation sites is 1. The van der Waals surface area contributed by atoms with Gasteiger partial charge in [0.1, 0.15) is 17.4 Å². The molecular weight excluding hydrogens is 272 g/mol. The van der Waals surface area contributed by atoms with Crippen molar-refractivity contribution >= 4 is 0 Å². The molecule has 21 heavy (non-hydrogen) atoms. The second-order valence-electron chi connectivity index (χ2n) is 5.24. The number of benzene rings is 2. The van der Waals surface area contributed by atoms with E-state index in [1.807, 2.05) is 24.3 Å². The van der Waals surface area contributed by atoms with E-state index in [-0.39, 0.29) is 6.42 Å². The van der Waals surface area contributed by atoms with Crippen molar-refractivity contribution < 1.29 is 13.5 Å². The Kier molecular flexibility index (Phi) is 3.34. The number of halogens is 2. The van der Waals surface area contributed by atoms with Crippen LogP contribution in [0.5, 0.6) is 5.75 Å². The van der Waals surface area contributed by atoms with Crippen LogP contribution >= 0.6 is 0 Å². The van der Waals surface area contributed by atoms with Crippen molar-refractivity contribution in [2.45, 2.75) is 18.3 Å². The Morgan fingerprint density at radius 1 is 1.14 bits per heavy atom. The van der Waals surface area contributed by atoms with Crippen molar-refractivity contribution in [1.29, 1.82) is 5.26 Å². The first-order valence-electron chi connectivity index (χ1n) is 6.71. The lowest BCUT2D eigenvalue weighted by atomic mass is 9.73. The molecule has 1 atom stereocenters. The number of fused-ring (bicyclic) bond motifs is 1. The first-order valence-corrected chi connectivity index (χ1v) is 6.71. The van der Waals surface area contributed by atoms with Crippen molar-refractivity contribution in [3.63, 3.8) is 0 Å². The first-order chi connectivity index (χ1) is 10.1. The largest absolute Gasteiger partial charge is 0.493 e. The quantitative estimate of drug-likeness (QED) is 0.842. The summed E-state index contributed by atoms with van der Waals surface area (Å²) in [7, 11) is 0. The molecule has 0 bridgehead atoms. The highest BCUT2D eigenvalue weighted by molar-refractivity contribution is 5.46. The maximum absolute atomic E-state index is 13.4. The minimum absolute atomic E-state index is 0.262. The van der Waals surface area contributed by atoms with Gasteiger partial charge in [-0.15, -0.1) is 0 Å². The molecular formula is C17H13F2NO. The van der Waals surface area contributed by atoms with E-state index in [2.05, 4.69) is 6.07 Å². The number of hydrogen-bond acceptors (Lipinski definition) is 2. The Balaban J connectivity index is 2.05. The molecule has 0 amide bonds. The monoisotopic (exact) mass is 285 g/mol. The van der Waals surface area contributed by atoms with Crippen LogP contribution in [0.15, 0.2) is 42.5 Å². The predicted octanol–water partition coefficient (Wildman–Crippen LogP) is 3.75. The highest BCUT2D eigenvalue weighted by Crippen LogP contribution is 2.40. The second-order valence-corrected chi connectivity index (χ2v) is 5.24. The number of nitrogens with zero attached hydrogens (tertiary/aromatic N) is 1. The maximum Gasteiger partial charge on any atom is 0.126 e. The minimum Gasteiger partial charge on any atom is -0.493 e. The lowest BCUT2D eigenvalue weighted by Gasteiger charge is -2.33. The van der Waals surface area contributed by atoms with Gasteiger partial charge in [0, 0.05) is 18.1 Å². The van der Waals surface area contributed by atoms with Crippen molar-refractivity contribution in [2.24, 2.45) is 0 Å². The zero-order valence-corrected chi connectivity index (χ0v) is 11.3. The number of rotatable bonds is 2. The third-order valence-corrected chi connectivity index (χ3v) is 3.83. The normalized spacial score (nSPS) is 20.2. The highest BCUT2D eigenvalue weighted by Gasteiger charge is 2.38. The molecule has 0 saturated heterocycles. The smallest absolute Gasteiger partial charge is 0.126 e. The van der Waals surface area contributed by atoms with E-state index in [0.717, 1.165) is 11.6 Å². The molecule has 0 saturated carbocycles. The molecule has 0 aromatic heterocycles. The van der Waals surface area contributed by atoms with Crippen LogP contribution in [-0.4, -0.2) is 6.61 Å². The van der Waals surface area contributed by atoms with Crippen molar-refractivity contribution in [3.05, 3.63) is 65.2 Å². The molecule has 0 aliphatic carbocycles. The van der Waals surface area contributed by atoms with E-state index in [4.69, 9.17) is 4.74 Å². The predicted molar refractivity (Wildman–Crippen MR) is 73.9 cm³/mol. The first kappa shape index (κ1) is 13.6. The van der Waals surface area contributed by atoms with Gasteiger partial charge in [-0.05, 0) is 30.2 Å². The minimum atomic E-state index is -0.810. The zero-order valence-electron chi connectivity index (χ0n) is 11.3. The van der Waals surface area contributed by atoms with Crippen LogP contribution in [0.3, 0.4) is 0 Å². The van der Waals surface area contributed by atoms with Gasteiger partial charge in [-0.1, -0.05) is 18.2 Å². The van der Waals surface area contributed by atoms with Crippen molar-refractivity contribution in [1.82, 2.24) is 0 Å². The van der Waals surface area contributed by atoms with Gasteiger partial charge in [0.05, 0.1) is 18.1 Å². The molecule has 106 valence electrons. The molecule has 1 heterocycles. The van der Waals surface area contributed by atoms with E-state index in [9.17, 15) is 14.0 Å². The second kappa shape index (κ2) is 5.17. The Bertz CT molecular complexity index is 703. The van der Waals surface area contributed by atoms with Crippen LogP contribution in [0.2, 0.25) is 0 Å². The zero-order chi connectivity index (χ0) is 14.9. The summed E-state index contributed by atoms with van der Waals surface area (Å²) in [6.45, 7) is 0.419. The topological polar surface area (TPSA) is 33.0 Å². The Morgan fingerprint density at radius 3 is 2.57 bits per heavy atom. The van der Waals surface area contributed by atoms with Gasteiger partial charge in [0.15, 0.2) is 0 Å². The van der Waals surface area contributed by atoms with Gasteiger partial charge in [-0.3, -0.25) is 0 Å². The standard InChI is InChI=1S/C17H13F2NO/c18-13-7-12(8-14(19)9-13)10-17(11-20)5-6-21-16-4-2-1-3-15(16)17/h1-4,7-9H,5-6,10H2. The maximum atomic E-state index is 13.4.